The second-order valence-electron chi connectivity index (χ2n) is 8.22. The first kappa shape index (κ1) is 20.7. The van der Waals surface area contributed by atoms with Gasteiger partial charge in [0.05, 0.1) is 25.9 Å². The smallest absolute Gasteiger partial charge is 0.240 e. The number of likely N-dealkylation sites (N-methyl/N-ethyl adjacent to an activating group) is 1. The fraction of sp³-hybridized carbons (Fsp3) is 0.524. The number of nitrogens with one attached hydrogen (secondary N) is 1. The Morgan fingerprint density at radius 2 is 2.11 bits per heavy atom. The van der Waals surface area contributed by atoms with E-state index < -0.39 is 0 Å². The molecule has 1 fully saturated rings. The molecule has 0 spiro atoms. The molecule has 0 bridgehead atoms. The second kappa shape index (κ2) is 8.13. The van der Waals surface area contributed by atoms with E-state index in [9.17, 15) is 4.79 Å². The number of amides is 1. The van der Waals surface area contributed by atoms with Gasteiger partial charge >= 0.3 is 0 Å². The Bertz CT molecular complexity index is 866. The zero-order valence-electron chi connectivity index (χ0n) is 17.1. The molecule has 28 heavy (non-hydrogen) atoms. The number of fused-ring (bicyclic) bond motifs is 1. The van der Waals surface area contributed by atoms with E-state index in [0.717, 1.165) is 17.2 Å². The summed E-state index contributed by atoms with van der Waals surface area (Å²) in [4.78, 5) is 19.2. The zero-order valence-corrected chi connectivity index (χ0v) is 17.8. The Kier molecular flexibility index (Phi) is 6.01. The first-order valence-corrected chi connectivity index (χ1v) is 9.87. The number of benzene rings is 1. The number of hydrogen-bond acceptors (Lipinski definition) is 5. The molecule has 2 aromatic rings. The van der Waals surface area contributed by atoms with Crippen LogP contribution in [0.4, 0.5) is 0 Å². The van der Waals surface area contributed by atoms with Crippen LogP contribution in [0.5, 0.6) is 11.6 Å². The molecule has 1 aromatic carbocycles. The summed E-state index contributed by atoms with van der Waals surface area (Å²) in [7, 11) is 3.44. The highest BCUT2D eigenvalue weighted by molar-refractivity contribution is 6.31. The molecule has 1 saturated heterocycles. The number of ether oxygens (including phenoxy) is 2. The molecule has 3 rings (SSSR count). The van der Waals surface area contributed by atoms with Crippen molar-refractivity contribution >= 4 is 28.3 Å². The molecule has 0 radical (unpaired) electrons. The molecular formula is C21H28ClN3O3. The molecule has 1 aliphatic heterocycles. The van der Waals surface area contributed by atoms with Crippen molar-refractivity contribution in [1.29, 1.82) is 0 Å². The van der Waals surface area contributed by atoms with Crippen LogP contribution in [0.3, 0.4) is 0 Å². The van der Waals surface area contributed by atoms with Crippen LogP contribution in [0, 0.1) is 5.41 Å². The molecule has 152 valence electrons. The number of likely N-dealkylation sites (tertiary alicyclic amines) is 1. The van der Waals surface area contributed by atoms with E-state index >= 15 is 0 Å². The Labute approximate surface area is 171 Å². The standard InChI is InChI=1S/C21H28ClN3O3/c1-21(2,3)18(23-4)20(26)25-9-8-14(12-25)28-19-16-10-13(22)6-7-15(16)17(27-5)11-24-19/h6-7,10-11,14,18,23H,8-9,12H2,1-5H3/t14-,18-/m1/s1. The first-order chi connectivity index (χ1) is 13.2. The van der Waals surface area contributed by atoms with Gasteiger partial charge in [-0.1, -0.05) is 32.4 Å². The van der Waals surface area contributed by atoms with Crippen molar-refractivity contribution < 1.29 is 14.3 Å². The van der Waals surface area contributed by atoms with E-state index in [4.69, 9.17) is 21.1 Å². The molecule has 0 aliphatic carbocycles. The normalized spacial score (nSPS) is 18.4. The number of rotatable bonds is 5. The molecule has 1 N–H and O–H groups in total. The van der Waals surface area contributed by atoms with E-state index in [1.807, 2.05) is 30.1 Å². The summed E-state index contributed by atoms with van der Waals surface area (Å²) in [6.45, 7) is 7.41. The zero-order chi connectivity index (χ0) is 20.5. The lowest BCUT2D eigenvalue weighted by molar-refractivity contribution is -0.135. The third-order valence-corrected chi connectivity index (χ3v) is 5.37. The predicted octanol–water partition coefficient (Wildman–Crippen LogP) is 3.51. The number of halogens is 1. The summed E-state index contributed by atoms with van der Waals surface area (Å²) in [6, 6.07) is 5.31. The fourth-order valence-electron chi connectivity index (χ4n) is 3.71. The van der Waals surface area contributed by atoms with Crippen molar-refractivity contribution in [3.8, 4) is 11.6 Å². The summed E-state index contributed by atoms with van der Waals surface area (Å²) in [5.41, 5.74) is -0.157. The minimum Gasteiger partial charge on any atom is -0.494 e. The van der Waals surface area contributed by atoms with Gasteiger partial charge < -0.3 is 19.7 Å². The Morgan fingerprint density at radius 3 is 2.75 bits per heavy atom. The predicted molar refractivity (Wildman–Crippen MR) is 111 cm³/mol. The van der Waals surface area contributed by atoms with E-state index in [2.05, 4.69) is 31.1 Å². The molecule has 1 aromatic heterocycles. The minimum atomic E-state index is -0.231. The molecule has 1 amide bonds. The van der Waals surface area contributed by atoms with Crippen molar-refractivity contribution in [2.75, 3.05) is 27.2 Å². The number of nitrogens with zero attached hydrogens (tertiary/aromatic N) is 2. The lowest BCUT2D eigenvalue weighted by atomic mass is 9.86. The second-order valence-corrected chi connectivity index (χ2v) is 8.66. The largest absolute Gasteiger partial charge is 0.494 e. The van der Waals surface area contributed by atoms with Crippen molar-refractivity contribution in [2.45, 2.75) is 39.3 Å². The van der Waals surface area contributed by atoms with Gasteiger partial charge in [-0.05, 0) is 30.7 Å². The van der Waals surface area contributed by atoms with Gasteiger partial charge in [0.25, 0.3) is 0 Å². The molecule has 6 nitrogen and oxygen atoms in total. The van der Waals surface area contributed by atoms with Crippen LogP contribution in [0.1, 0.15) is 27.2 Å². The average molecular weight is 406 g/mol. The van der Waals surface area contributed by atoms with Crippen LogP contribution in [-0.4, -0.2) is 55.2 Å². The van der Waals surface area contributed by atoms with E-state index in [-0.39, 0.29) is 23.5 Å². The number of hydrogen-bond donors (Lipinski definition) is 1. The van der Waals surface area contributed by atoms with Crippen LogP contribution in [0.25, 0.3) is 10.8 Å². The summed E-state index contributed by atoms with van der Waals surface area (Å²) in [6.07, 6.45) is 2.31. The van der Waals surface area contributed by atoms with Crippen LogP contribution in [0.2, 0.25) is 5.02 Å². The number of methoxy groups -OCH3 is 1. The van der Waals surface area contributed by atoms with Crippen molar-refractivity contribution in [3.63, 3.8) is 0 Å². The van der Waals surface area contributed by atoms with E-state index in [1.165, 1.54) is 0 Å². The SMILES string of the molecule is CN[C@H](C(=O)N1CC[C@@H](Oc2ncc(OC)c3ccc(Cl)cc23)C1)C(C)(C)C. The van der Waals surface area contributed by atoms with Gasteiger partial charge in [-0.2, -0.15) is 0 Å². The fourth-order valence-corrected chi connectivity index (χ4v) is 3.89. The highest BCUT2D eigenvalue weighted by Crippen LogP contribution is 2.34. The molecule has 1 aliphatic rings. The number of carbonyl (C=O) groups is 1. The number of aromatic nitrogens is 1. The summed E-state index contributed by atoms with van der Waals surface area (Å²) >= 11 is 6.18. The van der Waals surface area contributed by atoms with Crippen molar-refractivity contribution in [1.82, 2.24) is 15.2 Å². The van der Waals surface area contributed by atoms with E-state index in [1.54, 1.807) is 13.3 Å². The van der Waals surface area contributed by atoms with Crippen LogP contribution in [-0.2, 0) is 4.79 Å². The summed E-state index contributed by atoms with van der Waals surface area (Å²) in [5.74, 6) is 1.29. The van der Waals surface area contributed by atoms with Gasteiger partial charge in [0.2, 0.25) is 11.8 Å². The van der Waals surface area contributed by atoms with Gasteiger partial charge in [-0.25, -0.2) is 4.98 Å². The lowest BCUT2D eigenvalue weighted by Gasteiger charge is -2.32. The lowest BCUT2D eigenvalue weighted by Crippen LogP contribution is -2.51. The van der Waals surface area contributed by atoms with Gasteiger partial charge in [-0.3, -0.25) is 4.79 Å². The topological polar surface area (TPSA) is 63.7 Å². The number of carbonyl (C=O) groups excluding carboxylic acids is 1. The third-order valence-electron chi connectivity index (χ3n) is 5.13. The van der Waals surface area contributed by atoms with Crippen molar-refractivity contribution in [3.05, 3.63) is 29.4 Å². The molecule has 0 saturated carbocycles. The Balaban J connectivity index is 1.77. The van der Waals surface area contributed by atoms with Gasteiger partial charge in [0.1, 0.15) is 11.9 Å². The highest BCUT2D eigenvalue weighted by Gasteiger charge is 2.37. The molecule has 2 heterocycles. The van der Waals surface area contributed by atoms with Crippen LogP contribution in [0.15, 0.2) is 24.4 Å². The van der Waals surface area contributed by atoms with Gasteiger partial charge in [-0.15, -0.1) is 0 Å². The van der Waals surface area contributed by atoms with Gasteiger partial charge in [0.15, 0.2) is 0 Å². The maximum atomic E-state index is 12.9. The monoisotopic (exact) mass is 405 g/mol. The Morgan fingerprint density at radius 1 is 1.36 bits per heavy atom. The molecule has 0 unspecified atom stereocenters. The van der Waals surface area contributed by atoms with Crippen LogP contribution >= 0.6 is 11.6 Å². The summed E-state index contributed by atoms with van der Waals surface area (Å²) < 4.78 is 11.6. The molecular weight excluding hydrogens is 378 g/mol. The maximum absolute atomic E-state index is 12.9. The van der Waals surface area contributed by atoms with E-state index in [0.29, 0.717) is 29.7 Å². The molecule has 7 heteroatoms. The quantitative estimate of drug-likeness (QED) is 0.824. The number of pyridine rings is 1. The van der Waals surface area contributed by atoms with Crippen LogP contribution < -0.4 is 14.8 Å². The first-order valence-electron chi connectivity index (χ1n) is 9.49. The third kappa shape index (κ3) is 4.18. The maximum Gasteiger partial charge on any atom is 0.240 e. The minimum absolute atomic E-state index is 0.107. The average Bonchev–Trinajstić information content (AvgIpc) is 3.10. The Hall–Kier alpha value is -2.05. The highest BCUT2D eigenvalue weighted by atomic mass is 35.5. The van der Waals surface area contributed by atoms with Crippen molar-refractivity contribution in [2.24, 2.45) is 5.41 Å². The summed E-state index contributed by atoms with van der Waals surface area (Å²) in [5, 5.41) is 5.46. The van der Waals surface area contributed by atoms with Gasteiger partial charge in [0, 0.05) is 28.8 Å². The molecule has 2 atom stereocenters.